The van der Waals surface area contributed by atoms with Gasteiger partial charge in [0.2, 0.25) is 11.8 Å². The van der Waals surface area contributed by atoms with Gasteiger partial charge in [0, 0.05) is 0 Å². The molecule has 0 spiro atoms. The van der Waals surface area contributed by atoms with Crippen LogP contribution in [0.25, 0.3) is 0 Å². The predicted octanol–water partition coefficient (Wildman–Crippen LogP) is -1.32. The minimum Gasteiger partial charge on any atom is -0.493 e. The lowest BCUT2D eigenvalue weighted by Crippen LogP contribution is -2.18. The molecule has 0 saturated heterocycles. The molecule has 1 heterocycles. The van der Waals surface area contributed by atoms with Gasteiger partial charge < -0.3 is 15.9 Å². The Morgan fingerprint density at radius 2 is 2.23 bits per heavy atom. The van der Waals surface area contributed by atoms with Crippen LogP contribution in [0.2, 0.25) is 0 Å². The van der Waals surface area contributed by atoms with Gasteiger partial charge in [-0.3, -0.25) is 14.6 Å². The monoisotopic (exact) mass is 185 g/mol. The molecule has 0 aliphatic heterocycles. The summed E-state index contributed by atoms with van der Waals surface area (Å²) in [6.45, 7) is 0. The number of carboxylic acid groups (broad SMARTS) is 1. The molecule has 0 radical (unpaired) electrons. The summed E-state index contributed by atoms with van der Waals surface area (Å²) in [7, 11) is 0. The van der Waals surface area contributed by atoms with Crippen LogP contribution in [0.4, 0.5) is 5.95 Å². The largest absolute Gasteiger partial charge is 0.493 e. The van der Waals surface area contributed by atoms with E-state index in [9.17, 15) is 9.59 Å². The van der Waals surface area contributed by atoms with E-state index in [4.69, 9.17) is 15.9 Å². The van der Waals surface area contributed by atoms with Crippen LogP contribution in [0, 0.1) is 0 Å². The Hall–Kier alpha value is -2.05. The maximum atomic E-state index is 11.0. The minimum absolute atomic E-state index is 0.253. The van der Waals surface area contributed by atoms with Gasteiger partial charge >= 0.3 is 5.97 Å². The smallest absolute Gasteiger partial charge is 0.308 e. The zero-order chi connectivity index (χ0) is 10.0. The lowest BCUT2D eigenvalue weighted by Gasteiger charge is -1.99. The molecule has 0 aromatic carbocycles. The van der Waals surface area contributed by atoms with Crippen molar-refractivity contribution in [1.29, 1.82) is 0 Å². The van der Waals surface area contributed by atoms with Crippen molar-refractivity contribution in [2.45, 2.75) is 6.42 Å². The summed E-state index contributed by atoms with van der Waals surface area (Å²) >= 11 is 0. The first-order chi connectivity index (χ1) is 6.00. The van der Waals surface area contributed by atoms with Gasteiger partial charge in [-0.05, 0) is 0 Å². The highest BCUT2D eigenvalue weighted by Crippen LogP contribution is 2.09. The molecule has 13 heavy (non-hydrogen) atoms. The molecule has 1 rings (SSSR count). The molecule has 5 N–H and O–H groups in total. The average molecular weight is 185 g/mol. The third-order valence-electron chi connectivity index (χ3n) is 1.34. The standard InChI is InChI=1S/C6H7N3O4/c7-6-8-4(12)2(1-3(10)11)5(13)9-6/h1H2,(H,10,11)(H4,7,8,9,12,13). The molecule has 1 aromatic heterocycles. The van der Waals surface area contributed by atoms with E-state index < -0.39 is 23.8 Å². The number of H-pyrrole nitrogens is 1. The van der Waals surface area contributed by atoms with E-state index in [1.807, 2.05) is 0 Å². The number of carboxylic acids is 1. The van der Waals surface area contributed by atoms with Crippen LogP contribution >= 0.6 is 0 Å². The number of aromatic nitrogens is 2. The van der Waals surface area contributed by atoms with E-state index in [0.717, 1.165) is 0 Å². The fourth-order valence-electron chi connectivity index (χ4n) is 0.813. The van der Waals surface area contributed by atoms with Crippen molar-refractivity contribution in [3.05, 3.63) is 15.9 Å². The molecule has 0 aliphatic carbocycles. The summed E-state index contributed by atoms with van der Waals surface area (Å²) in [6, 6.07) is 0. The first-order valence-corrected chi connectivity index (χ1v) is 3.30. The predicted molar refractivity (Wildman–Crippen MR) is 42.3 cm³/mol. The van der Waals surface area contributed by atoms with Gasteiger partial charge in [0.05, 0.1) is 12.0 Å². The number of rotatable bonds is 2. The molecule has 70 valence electrons. The topological polar surface area (TPSA) is 129 Å². The number of nitrogen functional groups attached to an aromatic ring is 1. The van der Waals surface area contributed by atoms with Crippen molar-refractivity contribution in [2.75, 3.05) is 5.73 Å². The number of nitrogens with zero attached hydrogens (tertiary/aromatic N) is 1. The maximum absolute atomic E-state index is 11.0. The van der Waals surface area contributed by atoms with Gasteiger partial charge in [-0.1, -0.05) is 0 Å². The Bertz CT molecular complexity index is 397. The van der Waals surface area contributed by atoms with Crippen LogP contribution in [0.3, 0.4) is 0 Å². The molecule has 0 saturated carbocycles. The van der Waals surface area contributed by atoms with E-state index in [-0.39, 0.29) is 11.5 Å². The molecule has 0 aliphatic rings. The second-order valence-corrected chi connectivity index (χ2v) is 2.32. The van der Waals surface area contributed by atoms with Crippen LogP contribution in [-0.2, 0) is 11.2 Å². The molecule has 1 aromatic rings. The number of aromatic hydroxyl groups is 1. The van der Waals surface area contributed by atoms with E-state index in [0.29, 0.717) is 0 Å². The molecule has 0 amide bonds. The second-order valence-electron chi connectivity index (χ2n) is 2.32. The highest BCUT2D eigenvalue weighted by Gasteiger charge is 2.12. The number of carbonyl (C=O) groups is 1. The van der Waals surface area contributed by atoms with Gasteiger partial charge in [-0.2, -0.15) is 4.98 Å². The molecular weight excluding hydrogens is 178 g/mol. The zero-order valence-electron chi connectivity index (χ0n) is 6.44. The number of hydrogen-bond acceptors (Lipinski definition) is 5. The highest BCUT2D eigenvalue weighted by atomic mass is 16.4. The first kappa shape index (κ1) is 9.04. The number of nitrogens with two attached hydrogens (primary N) is 1. The van der Waals surface area contributed by atoms with Crippen molar-refractivity contribution >= 4 is 11.9 Å². The number of aromatic amines is 1. The van der Waals surface area contributed by atoms with Crippen LogP contribution in [0.1, 0.15) is 5.56 Å². The second kappa shape index (κ2) is 3.13. The number of anilines is 1. The summed E-state index contributed by atoms with van der Waals surface area (Å²) in [5, 5.41) is 17.4. The van der Waals surface area contributed by atoms with Gasteiger partial charge in [0.25, 0.3) is 5.56 Å². The Labute approximate surface area is 71.9 Å². The van der Waals surface area contributed by atoms with Crippen LogP contribution in [0.5, 0.6) is 5.88 Å². The molecule has 7 heteroatoms. The van der Waals surface area contributed by atoms with E-state index in [2.05, 4.69) is 9.97 Å². The molecule has 0 bridgehead atoms. The van der Waals surface area contributed by atoms with Crippen LogP contribution in [0.15, 0.2) is 4.79 Å². The lowest BCUT2D eigenvalue weighted by atomic mass is 10.2. The van der Waals surface area contributed by atoms with Gasteiger partial charge in [0.1, 0.15) is 0 Å². The van der Waals surface area contributed by atoms with Crippen molar-refractivity contribution in [2.24, 2.45) is 0 Å². The number of nitrogens with one attached hydrogen (secondary N) is 1. The molecular formula is C6H7N3O4. The Morgan fingerprint density at radius 3 is 2.69 bits per heavy atom. The summed E-state index contributed by atoms with van der Waals surface area (Å²) in [5.74, 6) is -2.13. The zero-order valence-corrected chi connectivity index (χ0v) is 6.44. The van der Waals surface area contributed by atoms with Crippen molar-refractivity contribution < 1.29 is 15.0 Å². The normalized spacial score (nSPS) is 9.85. The fourth-order valence-corrected chi connectivity index (χ4v) is 0.813. The number of aliphatic carboxylic acids is 1. The highest BCUT2D eigenvalue weighted by molar-refractivity contribution is 5.70. The van der Waals surface area contributed by atoms with E-state index >= 15 is 0 Å². The quantitative estimate of drug-likeness (QED) is 0.452. The van der Waals surface area contributed by atoms with Gasteiger partial charge in [-0.25, -0.2) is 0 Å². The maximum Gasteiger partial charge on any atom is 0.308 e. The molecule has 0 fully saturated rings. The summed E-state index contributed by atoms with van der Waals surface area (Å²) in [5.41, 5.74) is 4.04. The summed E-state index contributed by atoms with van der Waals surface area (Å²) in [4.78, 5) is 26.6. The fraction of sp³-hybridized carbons (Fsp3) is 0.167. The van der Waals surface area contributed by atoms with Gasteiger partial charge in [0.15, 0.2) is 0 Å². The molecule has 7 nitrogen and oxygen atoms in total. The van der Waals surface area contributed by atoms with Crippen molar-refractivity contribution in [3.8, 4) is 5.88 Å². The minimum atomic E-state index is -1.23. The average Bonchev–Trinajstić information content (AvgIpc) is 1.96. The Morgan fingerprint density at radius 1 is 1.62 bits per heavy atom. The third-order valence-corrected chi connectivity index (χ3v) is 1.34. The van der Waals surface area contributed by atoms with E-state index in [1.54, 1.807) is 0 Å². The van der Waals surface area contributed by atoms with E-state index in [1.165, 1.54) is 0 Å². The summed E-state index contributed by atoms with van der Waals surface area (Å²) in [6.07, 6.45) is -0.589. The summed E-state index contributed by atoms with van der Waals surface area (Å²) < 4.78 is 0. The number of hydrogen-bond donors (Lipinski definition) is 4. The molecule has 0 unspecified atom stereocenters. The Kier molecular flexibility index (Phi) is 2.18. The first-order valence-electron chi connectivity index (χ1n) is 3.30. The van der Waals surface area contributed by atoms with Crippen LogP contribution < -0.4 is 11.3 Å². The SMILES string of the molecule is Nc1nc(O)c(CC(=O)O)c(=O)[nH]1. The van der Waals surface area contributed by atoms with Crippen molar-refractivity contribution in [1.82, 2.24) is 9.97 Å². The lowest BCUT2D eigenvalue weighted by molar-refractivity contribution is -0.136. The Balaban J connectivity index is 3.21. The third kappa shape index (κ3) is 1.95. The van der Waals surface area contributed by atoms with Crippen LogP contribution in [-0.4, -0.2) is 26.2 Å². The van der Waals surface area contributed by atoms with Crippen molar-refractivity contribution in [3.63, 3.8) is 0 Å². The van der Waals surface area contributed by atoms with Gasteiger partial charge in [-0.15, -0.1) is 0 Å². The molecule has 0 atom stereocenters.